The predicted octanol–water partition coefficient (Wildman–Crippen LogP) is 3.97. The number of aromatic nitrogens is 2. The summed E-state index contributed by atoms with van der Waals surface area (Å²) < 4.78 is 3.03. The molecule has 1 N–H and O–H groups in total. The Morgan fingerprint density at radius 3 is 2.55 bits per heavy atom. The van der Waals surface area contributed by atoms with Crippen molar-refractivity contribution in [3.05, 3.63) is 97.5 Å². The lowest BCUT2D eigenvalue weighted by molar-refractivity contribution is -0.122. The first-order valence-corrected chi connectivity index (χ1v) is 11.9. The number of hydrogen-bond acceptors (Lipinski definition) is 4. The SMILES string of the molecule is Cc1ccc(-n2c(=O)c3sccc3n(CC(=O)N[C@@H](C)CCc3ccccc3)c2=O)c(C)c1. The van der Waals surface area contributed by atoms with E-state index in [1.165, 1.54) is 26.0 Å². The fourth-order valence-electron chi connectivity index (χ4n) is 4.07. The van der Waals surface area contributed by atoms with Crippen LogP contribution in [0, 0.1) is 13.8 Å². The van der Waals surface area contributed by atoms with Crippen molar-refractivity contribution in [2.75, 3.05) is 0 Å². The maximum atomic E-state index is 13.4. The summed E-state index contributed by atoms with van der Waals surface area (Å²) in [4.78, 5) is 39.4. The predicted molar refractivity (Wildman–Crippen MR) is 134 cm³/mol. The van der Waals surface area contributed by atoms with Gasteiger partial charge in [-0.15, -0.1) is 11.3 Å². The summed E-state index contributed by atoms with van der Waals surface area (Å²) in [7, 11) is 0. The first-order valence-electron chi connectivity index (χ1n) is 11.0. The Labute approximate surface area is 196 Å². The molecule has 7 heteroatoms. The molecule has 0 radical (unpaired) electrons. The number of thiophene rings is 1. The van der Waals surface area contributed by atoms with E-state index in [1.807, 2.05) is 51.1 Å². The second-order valence-electron chi connectivity index (χ2n) is 8.43. The molecule has 0 aliphatic rings. The monoisotopic (exact) mass is 461 g/mol. The van der Waals surface area contributed by atoms with E-state index in [2.05, 4.69) is 17.4 Å². The van der Waals surface area contributed by atoms with Crippen LogP contribution in [0.4, 0.5) is 0 Å². The molecule has 0 saturated carbocycles. The Kier molecular flexibility index (Phi) is 6.60. The van der Waals surface area contributed by atoms with Gasteiger partial charge in [0.25, 0.3) is 5.56 Å². The molecular formula is C26H27N3O3S. The number of nitrogens with one attached hydrogen (secondary N) is 1. The number of hydrogen-bond donors (Lipinski definition) is 1. The van der Waals surface area contributed by atoms with E-state index in [0.29, 0.717) is 15.9 Å². The normalized spacial score (nSPS) is 12.1. The van der Waals surface area contributed by atoms with Crippen molar-refractivity contribution >= 4 is 27.5 Å². The van der Waals surface area contributed by atoms with Crippen LogP contribution in [-0.4, -0.2) is 21.1 Å². The van der Waals surface area contributed by atoms with Crippen molar-refractivity contribution in [3.63, 3.8) is 0 Å². The molecule has 170 valence electrons. The lowest BCUT2D eigenvalue weighted by atomic mass is 10.1. The van der Waals surface area contributed by atoms with Crippen molar-refractivity contribution in [1.29, 1.82) is 0 Å². The Morgan fingerprint density at radius 1 is 1.06 bits per heavy atom. The average Bonchev–Trinajstić information content (AvgIpc) is 3.27. The molecule has 0 bridgehead atoms. The van der Waals surface area contributed by atoms with Gasteiger partial charge in [-0.1, -0.05) is 48.0 Å². The summed E-state index contributed by atoms with van der Waals surface area (Å²) in [5.41, 5.74) is 3.26. The van der Waals surface area contributed by atoms with Gasteiger partial charge in [0, 0.05) is 6.04 Å². The third kappa shape index (κ3) is 4.83. The molecule has 0 unspecified atom stereocenters. The van der Waals surface area contributed by atoms with Crippen molar-refractivity contribution in [2.45, 2.75) is 46.2 Å². The van der Waals surface area contributed by atoms with Crippen LogP contribution in [0.3, 0.4) is 0 Å². The van der Waals surface area contributed by atoms with E-state index < -0.39 is 5.69 Å². The minimum atomic E-state index is -0.509. The van der Waals surface area contributed by atoms with E-state index >= 15 is 0 Å². The summed E-state index contributed by atoms with van der Waals surface area (Å²) in [6.45, 7) is 5.65. The van der Waals surface area contributed by atoms with E-state index in [1.54, 1.807) is 17.5 Å². The molecule has 2 heterocycles. The first kappa shape index (κ1) is 22.7. The Hall–Kier alpha value is -3.45. The fraction of sp³-hybridized carbons (Fsp3) is 0.269. The Morgan fingerprint density at radius 2 is 1.82 bits per heavy atom. The largest absolute Gasteiger partial charge is 0.352 e. The molecule has 2 aromatic carbocycles. The standard InChI is InChI=1S/C26H27N3O3S/c1-17-9-12-21(18(2)15-17)29-25(31)24-22(13-14-33-24)28(26(29)32)16-23(30)27-19(3)10-11-20-7-5-4-6-8-20/h4-9,12-15,19H,10-11,16H2,1-3H3,(H,27,30)/t19-/m0/s1. The number of fused-ring (bicyclic) bond motifs is 1. The van der Waals surface area contributed by atoms with Gasteiger partial charge in [-0.3, -0.25) is 14.2 Å². The Balaban J connectivity index is 1.61. The van der Waals surface area contributed by atoms with Crippen LogP contribution in [0.5, 0.6) is 0 Å². The van der Waals surface area contributed by atoms with E-state index in [0.717, 1.165) is 24.0 Å². The third-order valence-electron chi connectivity index (χ3n) is 5.77. The zero-order chi connectivity index (χ0) is 23.5. The van der Waals surface area contributed by atoms with Crippen molar-refractivity contribution in [3.8, 4) is 5.69 Å². The number of carbonyl (C=O) groups is 1. The van der Waals surface area contributed by atoms with Gasteiger partial charge in [-0.05, 0) is 62.3 Å². The molecule has 2 aromatic heterocycles. The molecule has 33 heavy (non-hydrogen) atoms. The lowest BCUT2D eigenvalue weighted by Gasteiger charge is -2.16. The quantitative estimate of drug-likeness (QED) is 0.453. The number of benzene rings is 2. The topological polar surface area (TPSA) is 73.1 Å². The molecule has 0 fully saturated rings. The van der Waals surface area contributed by atoms with Crippen molar-refractivity contribution in [2.24, 2.45) is 0 Å². The van der Waals surface area contributed by atoms with Crippen LogP contribution < -0.4 is 16.6 Å². The van der Waals surface area contributed by atoms with Crippen molar-refractivity contribution in [1.82, 2.24) is 14.5 Å². The summed E-state index contributed by atoms with van der Waals surface area (Å²) in [5.74, 6) is -0.254. The third-order valence-corrected chi connectivity index (χ3v) is 6.66. The highest BCUT2D eigenvalue weighted by Gasteiger charge is 2.19. The van der Waals surface area contributed by atoms with Gasteiger partial charge in [0.05, 0.1) is 11.2 Å². The number of rotatable bonds is 7. The van der Waals surface area contributed by atoms with Gasteiger partial charge in [0.1, 0.15) is 11.2 Å². The van der Waals surface area contributed by atoms with E-state index in [9.17, 15) is 14.4 Å². The lowest BCUT2D eigenvalue weighted by Crippen LogP contribution is -2.43. The minimum absolute atomic E-state index is 0.0448. The molecule has 0 saturated heterocycles. The molecule has 0 aliphatic heterocycles. The Bertz CT molecular complexity index is 1420. The number of carbonyl (C=O) groups excluding carboxylic acids is 1. The highest BCUT2D eigenvalue weighted by Crippen LogP contribution is 2.18. The zero-order valence-corrected chi connectivity index (χ0v) is 19.8. The van der Waals surface area contributed by atoms with E-state index in [4.69, 9.17) is 0 Å². The van der Waals surface area contributed by atoms with Gasteiger partial charge < -0.3 is 5.32 Å². The van der Waals surface area contributed by atoms with Crippen LogP contribution in [0.2, 0.25) is 0 Å². The van der Waals surface area contributed by atoms with Crippen molar-refractivity contribution < 1.29 is 4.79 Å². The number of nitrogens with zero attached hydrogens (tertiary/aromatic N) is 2. The highest BCUT2D eigenvalue weighted by molar-refractivity contribution is 7.17. The maximum Gasteiger partial charge on any atom is 0.336 e. The summed E-state index contributed by atoms with van der Waals surface area (Å²) >= 11 is 1.28. The van der Waals surface area contributed by atoms with Gasteiger partial charge in [0.15, 0.2) is 0 Å². The van der Waals surface area contributed by atoms with Gasteiger partial charge in [0.2, 0.25) is 5.91 Å². The molecule has 0 spiro atoms. The smallest absolute Gasteiger partial charge is 0.336 e. The maximum absolute atomic E-state index is 13.4. The summed E-state index contributed by atoms with van der Waals surface area (Å²) in [6.07, 6.45) is 1.65. The molecule has 0 aliphatic carbocycles. The van der Waals surface area contributed by atoms with E-state index in [-0.39, 0.29) is 24.1 Å². The second kappa shape index (κ2) is 9.58. The fourth-order valence-corrected chi connectivity index (χ4v) is 4.90. The summed E-state index contributed by atoms with van der Waals surface area (Å²) in [5, 5.41) is 4.77. The number of amides is 1. The van der Waals surface area contributed by atoms with Crippen LogP contribution in [0.1, 0.15) is 30.0 Å². The minimum Gasteiger partial charge on any atom is -0.352 e. The zero-order valence-electron chi connectivity index (χ0n) is 19.0. The van der Waals surface area contributed by atoms with Crippen LogP contribution >= 0.6 is 11.3 Å². The molecule has 4 aromatic rings. The van der Waals surface area contributed by atoms with Gasteiger partial charge in [-0.2, -0.15) is 0 Å². The van der Waals surface area contributed by atoms with Crippen LogP contribution in [-0.2, 0) is 17.8 Å². The molecular weight excluding hydrogens is 434 g/mol. The van der Waals surface area contributed by atoms with Crippen LogP contribution in [0.25, 0.3) is 15.9 Å². The molecule has 1 atom stereocenters. The van der Waals surface area contributed by atoms with Gasteiger partial charge in [-0.25, -0.2) is 9.36 Å². The average molecular weight is 462 g/mol. The number of aryl methyl sites for hydroxylation is 3. The highest BCUT2D eigenvalue weighted by atomic mass is 32.1. The summed E-state index contributed by atoms with van der Waals surface area (Å²) in [6, 6.07) is 17.4. The first-order chi connectivity index (χ1) is 15.8. The molecule has 4 rings (SSSR count). The second-order valence-corrected chi connectivity index (χ2v) is 9.34. The van der Waals surface area contributed by atoms with Crippen LogP contribution in [0.15, 0.2) is 69.6 Å². The molecule has 1 amide bonds. The van der Waals surface area contributed by atoms with Gasteiger partial charge >= 0.3 is 5.69 Å². The molecule has 6 nitrogen and oxygen atoms in total.